The summed E-state index contributed by atoms with van der Waals surface area (Å²) in [7, 11) is 0. The summed E-state index contributed by atoms with van der Waals surface area (Å²) in [5.74, 6) is 1.52. The second-order valence-electron chi connectivity index (χ2n) is 8.38. The van der Waals surface area contributed by atoms with Crippen LogP contribution in [0.15, 0.2) is 48.7 Å². The SMILES string of the molecule is Clc1ccc2c(C3CCN(CCC4Cc5ccccc5C4)CC3)c[nH]c2c1. The molecule has 1 aliphatic carbocycles. The van der Waals surface area contributed by atoms with Gasteiger partial charge in [-0.05, 0) is 92.4 Å². The molecule has 0 bridgehead atoms. The second-order valence-corrected chi connectivity index (χ2v) is 8.82. The molecule has 1 aliphatic heterocycles. The van der Waals surface area contributed by atoms with Crippen molar-refractivity contribution in [1.29, 1.82) is 0 Å². The van der Waals surface area contributed by atoms with Gasteiger partial charge in [0.15, 0.2) is 0 Å². The van der Waals surface area contributed by atoms with Crippen LogP contribution in [-0.2, 0) is 12.8 Å². The van der Waals surface area contributed by atoms with Gasteiger partial charge < -0.3 is 9.88 Å². The Morgan fingerprint density at radius 2 is 1.74 bits per heavy atom. The zero-order valence-corrected chi connectivity index (χ0v) is 16.5. The highest BCUT2D eigenvalue weighted by Gasteiger charge is 2.25. The van der Waals surface area contributed by atoms with Crippen molar-refractivity contribution in [2.75, 3.05) is 19.6 Å². The molecule has 5 rings (SSSR count). The number of nitrogens with one attached hydrogen (secondary N) is 1. The summed E-state index contributed by atoms with van der Waals surface area (Å²) in [5.41, 5.74) is 5.81. The molecule has 1 fully saturated rings. The molecule has 2 aliphatic rings. The Kier molecular flexibility index (Phi) is 4.71. The first-order valence-corrected chi connectivity index (χ1v) is 10.7. The minimum absolute atomic E-state index is 0.673. The lowest BCUT2D eigenvalue weighted by molar-refractivity contribution is 0.200. The zero-order valence-electron chi connectivity index (χ0n) is 15.8. The zero-order chi connectivity index (χ0) is 18.2. The van der Waals surface area contributed by atoms with Gasteiger partial charge in [-0.2, -0.15) is 0 Å². The molecule has 2 heterocycles. The maximum Gasteiger partial charge on any atom is 0.0471 e. The molecule has 1 N–H and O–H groups in total. The number of rotatable bonds is 4. The summed E-state index contributed by atoms with van der Waals surface area (Å²) in [6.07, 6.45) is 8.64. The predicted molar refractivity (Wildman–Crippen MR) is 114 cm³/mol. The highest BCUT2D eigenvalue weighted by Crippen LogP contribution is 2.34. The summed E-state index contributed by atoms with van der Waals surface area (Å²) < 4.78 is 0. The monoisotopic (exact) mass is 378 g/mol. The van der Waals surface area contributed by atoms with Gasteiger partial charge in [-0.15, -0.1) is 0 Å². The first-order chi connectivity index (χ1) is 13.3. The van der Waals surface area contributed by atoms with E-state index in [0.717, 1.165) is 10.9 Å². The third-order valence-corrected chi connectivity index (χ3v) is 6.93. The van der Waals surface area contributed by atoms with Crippen molar-refractivity contribution in [3.8, 4) is 0 Å². The molecule has 2 aromatic carbocycles. The van der Waals surface area contributed by atoms with Gasteiger partial charge in [-0.25, -0.2) is 0 Å². The van der Waals surface area contributed by atoms with Crippen molar-refractivity contribution in [3.05, 3.63) is 70.4 Å². The van der Waals surface area contributed by atoms with Crippen LogP contribution in [0.4, 0.5) is 0 Å². The van der Waals surface area contributed by atoms with Crippen molar-refractivity contribution in [2.45, 2.75) is 38.0 Å². The van der Waals surface area contributed by atoms with E-state index in [1.807, 2.05) is 12.1 Å². The smallest absolute Gasteiger partial charge is 0.0471 e. The van der Waals surface area contributed by atoms with Gasteiger partial charge in [0.2, 0.25) is 0 Å². The maximum absolute atomic E-state index is 6.12. The Balaban J connectivity index is 1.15. The molecule has 1 saturated heterocycles. The van der Waals surface area contributed by atoms with Gasteiger partial charge in [0.25, 0.3) is 0 Å². The third-order valence-electron chi connectivity index (χ3n) is 6.69. The second kappa shape index (κ2) is 7.33. The third kappa shape index (κ3) is 3.53. The quantitative estimate of drug-likeness (QED) is 0.607. The van der Waals surface area contributed by atoms with Crippen molar-refractivity contribution >= 4 is 22.5 Å². The lowest BCUT2D eigenvalue weighted by Gasteiger charge is -2.32. The van der Waals surface area contributed by atoms with Gasteiger partial charge in [0.05, 0.1) is 0 Å². The van der Waals surface area contributed by atoms with Crippen LogP contribution < -0.4 is 0 Å². The number of hydrogen-bond donors (Lipinski definition) is 1. The molecular formula is C24H27ClN2. The summed E-state index contributed by atoms with van der Waals surface area (Å²) in [4.78, 5) is 6.10. The van der Waals surface area contributed by atoms with Crippen molar-refractivity contribution in [3.63, 3.8) is 0 Å². The number of aromatic amines is 1. The van der Waals surface area contributed by atoms with Crippen LogP contribution in [0.5, 0.6) is 0 Å². The lowest BCUT2D eigenvalue weighted by atomic mass is 9.89. The molecule has 0 amide bonds. The number of benzene rings is 2. The minimum atomic E-state index is 0.673. The van der Waals surface area contributed by atoms with E-state index < -0.39 is 0 Å². The van der Waals surface area contributed by atoms with Crippen LogP contribution >= 0.6 is 11.6 Å². The molecule has 3 aromatic rings. The standard InChI is InChI=1S/C24H27ClN2/c25-21-5-6-22-23(16-26-24(22)15-21)18-8-11-27(12-9-18)10-7-17-13-19-3-1-2-4-20(19)14-17/h1-6,15-18,26H,7-14H2. The number of likely N-dealkylation sites (tertiary alicyclic amines) is 1. The molecule has 2 nitrogen and oxygen atoms in total. The van der Waals surface area contributed by atoms with E-state index in [2.05, 4.69) is 46.4 Å². The van der Waals surface area contributed by atoms with Crippen LogP contribution in [-0.4, -0.2) is 29.5 Å². The number of nitrogens with zero attached hydrogens (tertiary/aromatic N) is 1. The van der Waals surface area contributed by atoms with Crippen LogP contribution in [0.3, 0.4) is 0 Å². The van der Waals surface area contributed by atoms with Gasteiger partial charge in [-0.1, -0.05) is 41.9 Å². The molecule has 27 heavy (non-hydrogen) atoms. The average Bonchev–Trinajstić information content (AvgIpc) is 3.30. The number of hydrogen-bond acceptors (Lipinski definition) is 1. The van der Waals surface area contributed by atoms with Crippen LogP contribution in [0.2, 0.25) is 5.02 Å². The fourth-order valence-corrected chi connectivity index (χ4v) is 5.32. The van der Waals surface area contributed by atoms with Crippen molar-refractivity contribution in [2.24, 2.45) is 5.92 Å². The molecule has 0 atom stereocenters. The molecule has 1 aromatic heterocycles. The molecule has 0 spiro atoms. The van der Waals surface area contributed by atoms with Crippen LogP contribution in [0, 0.1) is 5.92 Å². The number of fused-ring (bicyclic) bond motifs is 2. The average molecular weight is 379 g/mol. The van der Waals surface area contributed by atoms with Crippen molar-refractivity contribution in [1.82, 2.24) is 9.88 Å². The minimum Gasteiger partial charge on any atom is -0.361 e. The lowest BCUT2D eigenvalue weighted by Crippen LogP contribution is -2.34. The summed E-state index contributed by atoms with van der Waals surface area (Å²) in [6.45, 7) is 3.71. The van der Waals surface area contributed by atoms with E-state index in [4.69, 9.17) is 11.6 Å². The van der Waals surface area contributed by atoms with E-state index >= 15 is 0 Å². The first kappa shape index (κ1) is 17.3. The van der Waals surface area contributed by atoms with Gasteiger partial charge in [0, 0.05) is 22.1 Å². The topological polar surface area (TPSA) is 19.0 Å². The summed E-state index contributed by atoms with van der Waals surface area (Å²) in [5, 5.41) is 2.15. The molecular weight excluding hydrogens is 352 g/mol. The number of halogens is 1. The maximum atomic E-state index is 6.12. The van der Waals surface area contributed by atoms with Crippen LogP contribution in [0.25, 0.3) is 10.9 Å². The highest BCUT2D eigenvalue weighted by atomic mass is 35.5. The van der Waals surface area contributed by atoms with E-state index in [9.17, 15) is 0 Å². The Hall–Kier alpha value is -1.77. The van der Waals surface area contributed by atoms with Gasteiger partial charge >= 0.3 is 0 Å². The van der Waals surface area contributed by atoms with Gasteiger partial charge in [-0.3, -0.25) is 0 Å². The molecule has 3 heteroatoms. The molecule has 140 valence electrons. The van der Waals surface area contributed by atoms with Crippen LogP contribution in [0.1, 0.15) is 41.9 Å². The van der Waals surface area contributed by atoms with Gasteiger partial charge in [0.1, 0.15) is 0 Å². The fraction of sp³-hybridized carbons (Fsp3) is 0.417. The predicted octanol–water partition coefficient (Wildman–Crippen LogP) is 5.81. The van der Waals surface area contributed by atoms with E-state index in [0.29, 0.717) is 5.92 Å². The number of H-pyrrole nitrogens is 1. The van der Waals surface area contributed by atoms with E-state index in [-0.39, 0.29) is 0 Å². The highest BCUT2D eigenvalue weighted by molar-refractivity contribution is 6.31. The van der Waals surface area contributed by atoms with Crippen molar-refractivity contribution < 1.29 is 0 Å². The summed E-state index contributed by atoms with van der Waals surface area (Å²) in [6, 6.07) is 15.2. The molecule has 0 saturated carbocycles. The Bertz CT molecular complexity index is 911. The first-order valence-electron chi connectivity index (χ1n) is 10.3. The fourth-order valence-electron chi connectivity index (χ4n) is 5.15. The number of aromatic nitrogens is 1. The Labute approximate surface area is 166 Å². The summed E-state index contributed by atoms with van der Waals surface area (Å²) >= 11 is 6.12. The number of piperidine rings is 1. The molecule has 0 unspecified atom stereocenters. The normalized spacial score (nSPS) is 19.0. The largest absolute Gasteiger partial charge is 0.361 e. The Morgan fingerprint density at radius 3 is 2.48 bits per heavy atom. The molecule has 0 radical (unpaired) electrons. The van der Waals surface area contributed by atoms with E-state index in [1.165, 1.54) is 68.2 Å². The Morgan fingerprint density at radius 1 is 1.00 bits per heavy atom. The van der Waals surface area contributed by atoms with E-state index in [1.54, 1.807) is 11.1 Å².